The van der Waals surface area contributed by atoms with Gasteiger partial charge in [-0.3, -0.25) is 0 Å². The van der Waals surface area contributed by atoms with Crippen LogP contribution in [0.2, 0.25) is 5.02 Å². The lowest BCUT2D eigenvalue weighted by Crippen LogP contribution is -2.28. The van der Waals surface area contributed by atoms with Crippen molar-refractivity contribution < 1.29 is 4.57 Å². The van der Waals surface area contributed by atoms with Crippen LogP contribution in [0.4, 0.5) is 0 Å². The Hall–Kier alpha value is -1.64. The zero-order valence-corrected chi connectivity index (χ0v) is 13.0. The number of hydrogen-bond acceptors (Lipinski definition) is 1. The summed E-state index contributed by atoms with van der Waals surface area (Å²) in [4.78, 5) is 0. The van der Waals surface area contributed by atoms with Gasteiger partial charge in [-0.25, -0.2) is 0 Å². The monoisotopic (exact) mass is 300 g/mol. The van der Waals surface area contributed by atoms with E-state index in [0.717, 1.165) is 10.6 Å². The molecule has 1 heterocycles. The number of nitrogens with zero attached hydrogens (tertiary/aromatic N) is 1. The zero-order chi connectivity index (χ0) is 14.1. The molecule has 3 aromatic rings. The number of aryl methyl sites for hydroxylation is 2. The molecule has 0 radical (unpaired) electrons. The highest BCUT2D eigenvalue weighted by Gasteiger charge is 2.14. The molecule has 1 aromatic heterocycles. The van der Waals surface area contributed by atoms with Gasteiger partial charge in [-0.1, -0.05) is 47.2 Å². The van der Waals surface area contributed by atoms with Crippen LogP contribution >= 0.6 is 22.9 Å². The van der Waals surface area contributed by atoms with E-state index in [1.807, 2.05) is 24.3 Å². The predicted octanol–water partition coefficient (Wildman–Crippen LogP) is 4.86. The van der Waals surface area contributed by atoms with Gasteiger partial charge < -0.3 is 0 Å². The predicted molar refractivity (Wildman–Crippen MR) is 88.1 cm³/mol. The highest BCUT2D eigenvalue weighted by Crippen LogP contribution is 2.24. The fourth-order valence-corrected chi connectivity index (χ4v) is 3.55. The number of benzene rings is 2. The second kappa shape index (κ2) is 5.39. The van der Waals surface area contributed by atoms with E-state index in [4.69, 9.17) is 11.6 Å². The van der Waals surface area contributed by atoms with Gasteiger partial charge in [0.15, 0.2) is 0 Å². The second-order valence-corrected chi connectivity index (χ2v) is 6.29. The summed E-state index contributed by atoms with van der Waals surface area (Å²) in [6, 6.07) is 14.4. The molecule has 2 aromatic carbocycles. The summed E-state index contributed by atoms with van der Waals surface area (Å²) >= 11 is 7.97. The molecule has 0 unspecified atom stereocenters. The number of aromatic nitrogens is 1. The molecular weight excluding hydrogens is 286 g/mol. The Morgan fingerprint density at radius 1 is 1.10 bits per heavy atom. The molecule has 0 saturated carbocycles. The van der Waals surface area contributed by atoms with Crippen LogP contribution < -0.4 is 4.57 Å². The maximum absolute atomic E-state index is 6.18. The van der Waals surface area contributed by atoms with Crippen LogP contribution in [0.3, 0.4) is 0 Å². The van der Waals surface area contributed by atoms with Gasteiger partial charge in [-0.05, 0) is 36.3 Å². The van der Waals surface area contributed by atoms with Crippen LogP contribution in [0.5, 0.6) is 0 Å². The number of rotatable bonds is 2. The van der Waals surface area contributed by atoms with Crippen LogP contribution in [-0.2, 0) is 7.05 Å². The fourth-order valence-electron chi connectivity index (χ4n) is 2.20. The van der Waals surface area contributed by atoms with Gasteiger partial charge in [0.25, 0.3) is 5.01 Å². The highest BCUT2D eigenvalue weighted by molar-refractivity contribution is 7.18. The Balaban J connectivity index is 2.03. The van der Waals surface area contributed by atoms with E-state index in [-0.39, 0.29) is 0 Å². The van der Waals surface area contributed by atoms with Crippen LogP contribution in [0.1, 0.15) is 16.1 Å². The molecule has 0 amide bonds. The summed E-state index contributed by atoms with van der Waals surface area (Å²) in [6.07, 6.45) is 4.20. The summed E-state index contributed by atoms with van der Waals surface area (Å²) in [7, 11) is 2.10. The number of hydrogen-bond donors (Lipinski definition) is 0. The molecule has 0 aliphatic heterocycles. The minimum absolute atomic E-state index is 0.781. The van der Waals surface area contributed by atoms with Crippen molar-refractivity contribution in [2.45, 2.75) is 6.92 Å². The van der Waals surface area contributed by atoms with Crippen molar-refractivity contribution in [3.05, 3.63) is 63.6 Å². The molecule has 0 fully saturated rings. The summed E-state index contributed by atoms with van der Waals surface area (Å²) in [6.45, 7) is 2.12. The fraction of sp³-hybridized carbons (Fsp3) is 0.118. The number of halogens is 1. The maximum Gasteiger partial charge on any atom is 0.262 e. The molecule has 3 rings (SSSR count). The molecule has 0 atom stereocenters. The highest BCUT2D eigenvalue weighted by atomic mass is 35.5. The van der Waals surface area contributed by atoms with E-state index in [1.165, 1.54) is 20.8 Å². The SMILES string of the molecule is Cc1ccc2c(c1)sc(C=Cc1ccccc1Cl)[n+]2C. The third-order valence-electron chi connectivity index (χ3n) is 3.33. The average molecular weight is 301 g/mol. The Morgan fingerprint density at radius 3 is 2.70 bits per heavy atom. The van der Waals surface area contributed by atoms with Crippen molar-refractivity contribution in [3.63, 3.8) is 0 Å². The summed E-state index contributed by atoms with van der Waals surface area (Å²) in [5.74, 6) is 0. The van der Waals surface area contributed by atoms with Crippen molar-refractivity contribution in [2.75, 3.05) is 0 Å². The van der Waals surface area contributed by atoms with Crippen molar-refractivity contribution in [1.29, 1.82) is 0 Å². The van der Waals surface area contributed by atoms with Gasteiger partial charge in [0.1, 0.15) is 11.7 Å². The normalized spacial score (nSPS) is 11.6. The van der Waals surface area contributed by atoms with E-state index in [9.17, 15) is 0 Å². The molecule has 3 heteroatoms. The Kier molecular flexibility index (Phi) is 3.60. The standard InChI is InChI=1S/C17H15ClNS/c1-12-7-9-15-16(11-12)20-17(19(15)2)10-8-13-5-3-4-6-14(13)18/h3-11H,1-2H3/q+1. The minimum atomic E-state index is 0.781. The zero-order valence-electron chi connectivity index (χ0n) is 11.4. The number of thiazole rings is 1. The van der Waals surface area contributed by atoms with E-state index < -0.39 is 0 Å². The van der Waals surface area contributed by atoms with Gasteiger partial charge in [0.05, 0.1) is 0 Å². The third kappa shape index (κ3) is 2.49. The van der Waals surface area contributed by atoms with Crippen LogP contribution in [-0.4, -0.2) is 0 Å². The van der Waals surface area contributed by atoms with Gasteiger partial charge in [-0.2, -0.15) is 4.57 Å². The quantitative estimate of drug-likeness (QED) is 0.595. The van der Waals surface area contributed by atoms with E-state index in [2.05, 4.69) is 48.9 Å². The van der Waals surface area contributed by atoms with E-state index >= 15 is 0 Å². The van der Waals surface area contributed by atoms with E-state index in [0.29, 0.717) is 0 Å². The van der Waals surface area contributed by atoms with Crippen molar-refractivity contribution in [3.8, 4) is 0 Å². The first kappa shape index (κ1) is 13.3. The lowest BCUT2D eigenvalue weighted by molar-refractivity contribution is -0.642. The second-order valence-electron chi connectivity index (χ2n) is 4.83. The minimum Gasteiger partial charge on any atom is -0.185 e. The van der Waals surface area contributed by atoms with Crippen molar-refractivity contribution in [1.82, 2.24) is 0 Å². The molecule has 1 nitrogen and oxygen atoms in total. The Labute approximate surface area is 127 Å². The molecule has 20 heavy (non-hydrogen) atoms. The maximum atomic E-state index is 6.18. The Bertz CT molecular complexity index is 802. The average Bonchev–Trinajstić information content (AvgIpc) is 2.74. The molecule has 100 valence electrons. The van der Waals surface area contributed by atoms with Crippen LogP contribution in [0.25, 0.3) is 22.4 Å². The van der Waals surface area contributed by atoms with Gasteiger partial charge >= 0.3 is 0 Å². The van der Waals surface area contributed by atoms with Crippen LogP contribution in [0, 0.1) is 6.92 Å². The number of fused-ring (bicyclic) bond motifs is 1. The molecule has 0 aliphatic carbocycles. The molecule has 0 saturated heterocycles. The van der Waals surface area contributed by atoms with Crippen molar-refractivity contribution in [2.24, 2.45) is 7.05 Å². The first-order valence-corrected chi connectivity index (χ1v) is 7.66. The smallest absolute Gasteiger partial charge is 0.185 e. The van der Waals surface area contributed by atoms with Gasteiger partial charge in [-0.15, -0.1) is 0 Å². The lowest BCUT2D eigenvalue weighted by Gasteiger charge is -1.94. The first-order valence-electron chi connectivity index (χ1n) is 6.47. The molecule has 0 bridgehead atoms. The molecular formula is C17H15ClNS+. The first-order chi connectivity index (χ1) is 9.65. The molecule has 0 N–H and O–H groups in total. The lowest BCUT2D eigenvalue weighted by atomic mass is 10.2. The summed E-state index contributed by atoms with van der Waals surface area (Å²) in [5, 5.41) is 1.99. The largest absolute Gasteiger partial charge is 0.262 e. The molecule has 0 spiro atoms. The van der Waals surface area contributed by atoms with Crippen LogP contribution in [0.15, 0.2) is 42.5 Å². The van der Waals surface area contributed by atoms with Crippen molar-refractivity contribution >= 4 is 45.3 Å². The summed E-state index contributed by atoms with van der Waals surface area (Å²) < 4.78 is 3.53. The van der Waals surface area contributed by atoms with E-state index in [1.54, 1.807) is 11.3 Å². The molecule has 0 aliphatic rings. The summed E-state index contributed by atoms with van der Waals surface area (Å²) in [5.41, 5.74) is 3.60. The Morgan fingerprint density at radius 2 is 1.90 bits per heavy atom. The topological polar surface area (TPSA) is 3.88 Å². The van der Waals surface area contributed by atoms with Gasteiger partial charge in [0, 0.05) is 17.2 Å². The van der Waals surface area contributed by atoms with Gasteiger partial charge in [0.2, 0.25) is 5.52 Å². The third-order valence-corrected chi connectivity index (χ3v) is 4.84.